The number of benzene rings is 2. The molecule has 4 rings (SSSR count). The van der Waals surface area contributed by atoms with Crippen molar-refractivity contribution in [3.63, 3.8) is 0 Å². The van der Waals surface area contributed by atoms with Crippen molar-refractivity contribution in [1.82, 2.24) is 4.90 Å². The number of fused-ring (bicyclic) bond motifs is 1. The zero-order valence-electron chi connectivity index (χ0n) is 13.2. The summed E-state index contributed by atoms with van der Waals surface area (Å²) in [5, 5.41) is 1.36. The van der Waals surface area contributed by atoms with E-state index < -0.39 is 0 Å². The van der Waals surface area contributed by atoms with Gasteiger partial charge in [0, 0.05) is 35.1 Å². The lowest BCUT2D eigenvalue weighted by molar-refractivity contribution is 0.320. The number of likely N-dealkylation sites (tertiary alicyclic amines) is 1. The van der Waals surface area contributed by atoms with E-state index in [1.807, 2.05) is 11.3 Å². The van der Waals surface area contributed by atoms with Gasteiger partial charge < -0.3 is 5.73 Å². The Morgan fingerprint density at radius 1 is 1.00 bits per heavy atom. The molecule has 1 saturated heterocycles. The maximum atomic E-state index is 6.05. The molecule has 0 aliphatic carbocycles. The molecule has 118 valence electrons. The fourth-order valence-corrected chi connectivity index (χ4v) is 4.85. The summed E-state index contributed by atoms with van der Waals surface area (Å²) in [5.74, 6) is 1.13. The van der Waals surface area contributed by atoms with Gasteiger partial charge >= 0.3 is 0 Å². The van der Waals surface area contributed by atoms with Gasteiger partial charge in [0.05, 0.1) is 0 Å². The SMILES string of the molecule is NC[C@@H]1CN(Cc2cc3ccccc3s2)C[C@H]1c1ccccc1. The molecule has 1 aromatic heterocycles. The third kappa shape index (κ3) is 3.05. The molecule has 1 aliphatic heterocycles. The van der Waals surface area contributed by atoms with Gasteiger partial charge in [-0.05, 0) is 35.5 Å². The van der Waals surface area contributed by atoms with Gasteiger partial charge in [0.1, 0.15) is 0 Å². The van der Waals surface area contributed by atoms with Gasteiger partial charge in [0.25, 0.3) is 0 Å². The van der Waals surface area contributed by atoms with Crippen molar-refractivity contribution in [3.8, 4) is 0 Å². The molecule has 3 heteroatoms. The van der Waals surface area contributed by atoms with E-state index in [0.717, 1.165) is 26.2 Å². The molecular weight excluding hydrogens is 300 g/mol. The minimum Gasteiger partial charge on any atom is -0.330 e. The molecule has 0 saturated carbocycles. The molecule has 0 spiro atoms. The molecule has 2 heterocycles. The van der Waals surface area contributed by atoms with Crippen LogP contribution in [0.2, 0.25) is 0 Å². The van der Waals surface area contributed by atoms with Crippen molar-refractivity contribution in [1.29, 1.82) is 0 Å². The Bertz CT molecular complexity index is 747. The summed E-state index contributed by atoms with van der Waals surface area (Å²) < 4.78 is 1.39. The summed E-state index contributed by atoms with van der Waals surface area (Å²) in [4.78, 5) is 4.02. The van der Waals surface area contributed by atoms with Crippen LogP contribution in [0.15, 0.2) is 60.7 Å². The zero-order valence-corrected chi connectivity index (χ0v) is 14.0. The number of hydrogen-bond donors (Lipinski definition) is 1. The van der Waals surface area contributed by atoms with Crippen LogP contribution in [0.3, 0.4) is 0 Å². The lowest BCUT2D eigenvalue weighted by atomic mass is 9.89. The van der Waals surface area contributed by atoms with Crippen LogP contribution in [-0.2, 0) is 6.54 Å². The van der Waals surface area contributed by atoms with E-state index in [1.54, 1.807) is 0 Å². The molecule has 2 N–H and O–H groups in total. The summed E-state index contributed by atoms with van der Waals surface area (Å²) in [6, 6.07) is 21.8. The third-order valence-corrected chi connectivity index (χ3v) is 6.00. The van der Waals surface area contributed by atoms with Crippen LogP contribution in [0.5, 0.6) is 0 Å². The zero-order chi connectivity index (χ0) is 15.6. The highest BCUT2D eigenvalue weighted by Crippen LogP contribution is 2.34. The Morgan fingerprint density at radius 3 is 2.57 bits per heavy atom. The van der Waals surface area contributed by atoms with Gasteiger partial charge in [-0.1, -0.05) is 48.5 Å². The van der Waals surface area contributed by atoms with E-state index in [-0.39, 0.29) is 0 Å². The predicted octanol–water partition coefficient (Wildman–Crippen LogP) is 4.08. The maximum absolute atomic E-state index is 6.05. The smallest absolute Gasteiger partial charge is 0.0346 e. The number of rotatable bonds is 4. The molecule has 0 amide bonds. The first-order valence-electron chi connectivity index (χ1n) is 8.28. The largest absolute Gasteiger partial charge is 0.330 e. The summed E-state index contributed by atoms with van der Waals surface area (Å²) in [5.41, 5.74) is 7.49. The summed E-state index contributed by atoms with van der Waals surface area (Å²) >= 11 is 1.92. The monoisotopic (exact) mass is 322 g/mol. The van der Waals surface area contributed by atoms with Crippen molar-refractivity contribution in [2.75, 3.05) is 19.6 Å². The van der Waals surface area contributed by atoms with E-state index in [1.165, 1.54) is 20.5 Å². The first-order chi connectivity index (χ1) is 11.3. The average Bonchev–Trinajstić information content (AvgIpc) is 3.19. The minimum atomic E-state index is 0.562. The number of nitrogens with two attached hydrogens (primary N) is 1. The van der Waals surface area contributed by atoms with Crippen LogP contribution in [0, 0.1) is 5.92 Å². The summed E-state index contributed by atoms with van der Waals surface area (Å²) in [6.07, 6.45) is 0. The van der Waals surface area contributed by atoms with Crippen molar-refractivity contribution >= 4 is 21.4 Å². The van der Waals surface area contributed by atoms with Gasteiger partial charge in [-0.25, -0.2) is 0 Å². The first-order valence-corrected chi connectivity index (χ1v) is 9.10. The number of nitrogens with zero attached hydrogens (tertiary/aromatic N) is 1. The molecule has 2 aromatic carbocycles. The van der Waals surface area contributed by atoms with Gasteiger partial charge in [0.15, 0.2) is 0 Å². The van der Waals surface area contributed by atoms with Gasteiger partial charge in [0.2, 0.25) is 0 Å². The van der Waals surface area contributed by atoms with Crippen molar-refractivity contribution in [3.05, 3.63) is 71.1 Å². The molecule has 0 radical (unpaired) electrons. The lowest BCUT2D eigenvalue weighted by Crippen LogP contribution is -2.22. The molecule has 2 atom stereocenters. The topological polar surface area (TPSA) is 29.3 Å². The van der Waals surface area contributed by atoms with E-state index in [4.69, 9.17) is 5.73 Å². The second-order valence-corrected chi connectivity index (χ2v) is 7.63. The fourth-order valence-electron chi connectivity index (χ4n) is 3.74. The second kappa shape index (κ2) is 6.44. The average molecular weight is 322 g/mol. The van der Waals surface area contributed by atoms with Gasteiger partial charge in [-0.2, -0.15) is 0 Å². The standard InChI is InChI=1S/C20H22N2S/c21-11-17-12-22(14-19(17)15-6-2-1-3-7-15)13-18-10-16-8-4-5-9-20(16)23-18/h1-10,17,19H,11-14,21H2/t17-,19+/m1/s1. The molecule has 3 aromatic rings. The Labute approximate surface area is 141 Å². The Hall–Kier alpha value is -1.68. The normalized spacial score (nSPS) is 22.0. The molecular formula is C20H22N2S. The number of thiophene rings is 1. The molecule has 1 fully saturated rings. The highest BCUT2D eigenvalue weighted by Gasteiger charge is 2.32. The molecule has 2 nitrogen and oxygen atoms in total. The van der Waals surface area contributed by atoms with Crippen LogP contribution in [0.1, 0.15) is 16.4 Å². The first kappa shape index (κ1) is 14.9. The Kier molecular flexibility index (Phi) is 4.17. The quantitative estimate of drug-likeness (QED) is 0.784. The molecule has 1 aliphatic rings. The van der Waals surface area contributed by atoms with Crippen LogP contribution in [0.25, 0.3) is 10.1 Å². The van der Waals surface area contributed by atoms with E-state index in [9.17, 15) is 0 Å². The van der Waals surface area contributed by atoms with Crippen LogP contribution < -0.4 is 5.73 Å². The molecule has 23 heavy (non-hydrogen) atoms. The van der Waals surface area contributed by atoms with E-state index in [0.29, 0.717) is 11.8 Å². The highest BCUT2D eigenvalue weighted by atomic mass is 32.1. The van der Waals surface area contributed by atoms with Crippen molar-refractivity contribution in [2.24, 2.45) is 11.7 Å². The Balaban J connectivity index is 1.52. The molecule has 0 bridgehead atoms. The Morgan fingerprint density at radius 2 is 1.78 bits per heavy atom. The lowest BCUT2D eigenvalue weighted by Gasteiger charge is -2.16. The second-order valence-electron chi connectivity index (χ2n) is 6.46. The fraction of sp³-hybridized carbons (Fsp3) is 0.300. The van der Waals surface area contributed by atoms with Gasteiger partial charge in [-0.3, -0.25) is 4.90 Å². The van der Waals surface area contributed by atoms with Crippen molar-refractivity contribution in [2.45, 2.75) is 12.5 Å². The van der Waals surface area contributed by atoms with Crippen LogP contribution >= 0.6 is 11.3 Å². The van der Waals surface area contributed by atoms with Gasteiger partial charge in [-0.15, -0.1) is 11.3 Å². The minimum absolute atomic E-state index is 0.562. The van der Waals surface area contributed by atoms with E-state index in [2.05, 4.69) is 65.6 Å². The van der Waals surface area contributed by atoms with Crippen LogP contribution in [-0.4, -0.2) is 24.5 Å². The third-order valence-electron chi connectivity index (χ3n) is 4.90. The highest BCUT2D eigenvalue weighted by molar-refractivity contribution is 7.19. The summed E-state index contributed by atoms with van der Waals surface area (Å²) in [6.45, 7) is 4.02. The maximum Gasteiger partial charge on any atom is 0.0346 e. The predicted molar refractivity (Wildman–Crippen MR) is 98.8 cm³/mol. The van der Waals surface area contributed by atoms with E-state index >= 15 is 0 Å². The van der Waals surface area contributed by atoms with Crippen molar-refractivity contribution < 1.29 is 0 Å². The van der Waals surface area contributed by atoms with Crippen LogP contribution in [0.4, 0.5) is 0 Å². The summed E-state index contributed by atoms with van der Waals surface area (Å²) in [7, 11) is 0. The molecule has 0 unspecified atom stereocenters. The number of hydrogen-bond acceptors (Lipinski definition) is 3.